The first kappa shape index (κ1) is 16.9. The Morgan fingerprint density at radius 1 is 1.30 bits per heavy atom. The second-order valence-corrected chi connectivity index (χ2v) is 5.28. The zero-order chi connectivity index (χ0) is 16.5. The lowest BCUT2D eigenvalue weighted by atomic mass is 10.2. The van der Waals surface area contributed by atoms with Gasteiger partial charge in [0.2, 0.25) is 0 Å². The van der Waals surface area contributed by atoms with Crippen molar-refractivity contribution in [2.75, 3.05) is 6.61 Å². The van der Waals surface area contributed by atoms with Gasteiger partial charge in [0.15, 0.2) is 5.11 Å². The van der Waals surface area contributed by atoms with Gasteiger partial charge in [0.05, 0.1) is 6.61 Å². The van der Waals surface area contributed by atoms with Crippen LogP contribution in [0.25, 0.3) is 0 Å². The van der Waals surface area contributed by atoms with Crippen LogP contribution in [0.1, 0.15) is 29.3 Å². The average molecular weight is 329 g/mol. The monoisotopic (exact) mass is 329 g/mol. The minimum Gasteiger partial charge on any atom is -0.494 e. The third-order valence-electron chi connectivity index (χ3n) is 2.97. The summed E-state index contributed by atoms with van der Waals surface area (Å²) in [5.41, 5.74) is 1.49. The van der Waals surface area contributed by atoms with Gasteiger partial charge in [0.1, 0.15) is 5.75 Å². The molecule has 0 fully saturated rings. The van der Waals surface area contributed by atoms with Crippen molar-refractivity contribution in [3.05, 3.63) is 59.9 Å². The van der Waals surface area contributed by atoms with Crippen LogP contribution in [0.5, 0.6) is 5.75 Å². The quantitative estimate of drug-likeness (QED) is 0.798. The summed E-state index contributed by atoms with van der Waals surface area (Å²) in [5, 5.41) is 5.91. The van der Waals surface area contributed by atoms with Crippen LogP contribution in [0.2, 0.25) is 0 Å². The summed E-state index contributed by atoms with van der Waals surface area (Å²) in [6.07, 6.45) is 4.36. The second kappa shape index (κ2) is 8.85. The van der Waals surface area contributed by atoms with Crippen molar-refractivity contribution < 1.29 is 9.53 Å². The Morgan fingerprint density at radius 3 is 2.91 bits per heavy atom. The van der Waals surface area contributed by atoms with E-state index in [0.717, 1.165) is 12.0 Å². The number of amides is 1. The van der Waals surface area contributed by atoms with E-state index >= 15 is 0 Å². The highest BCUT2D eigenvalue weighted by Crippen LogP contribution is 2.13. The highest BCUT2D eigenvalue weighted by Gasteiger charge is 2.08. The van der Waals surface area contributed by atoms with Crippen molar-refractivity contribution >= 4 is 23.2 Å². The maximum atomic E-state index is 12.2. The number of aromatic nitrogens is 1. The number of thiocarbonyl (C=S) groups is 1. The smallest absolute Gasteiger partial charge is 0.257 e. The van der Waals surface area contributed by atoms with Crippen LogP contribution < -0.4 is 15.4 Å². The number of pyridine rings is 1. The fraction of sp³-hybridized carbons (Fsp3) is 0.235. The number of nitrogens with one attached hydrogen (secondary N) is 2. The van der Waals surface area contributed by atoms with Gasteiger partial charge in [-0.05, 0) is 48.5 Å². The second-order valence-electron chi connectivity index (χ2n) is 4.87. The van der Waals surface area contributed by atoms with Gasteiger partial charge < -0.3 is 10.1 Å². The van der Waals surface area contributed by atoms with E-state index in [4.69, 9.17) is 17.0 Å². The molecule has 0 aliphatic heterocycles. The predicted molar refractivity (Wildman–Crippen MR) is 93.4 cm³/mol. The molecule has 6 heteroatoms. The van der Waals surface area contributed by atoms with E-state index in [1.807, 2.05) is 25.1 Å². The molecule has 5 nitrogen and oxygen atoms in total. The van der Waals surface area contributed by atoms with Gasteiger partial charge in [0.25, 0.3) is 5.91 Å². The van der Waals surface area contributed by atoms with Crippen LogP contribution in [-0.4, -0.2) is 22.6 Å². The molecular formula is C17H19N3O2S. The summed E-state index contributed by atoms with van der Waals surface area (Å²) < 4.78 is 5.52. The zero-order valence-corrected chi connectivity index (χ0v) is 13.7. The van der Waals surface area contributed by atoms with Gasteiger partial charge in [-0.2, -0.15) is 0 Å². The first-order chi connectivity index (χ1) is 11.2. The Hall–Kier alpha value is -2.47. The summed E-state index contributed by atoms with van der Waals surface area (Å²) in [6, 6.07) is 10.8. The highest BCUT2D eigenvalue weighted by atomic mass is 32.1. The summed E-state index contributed by atoms with van der Waals surface area (Å²) in [4.78, 5) is 16.2. The van der Waals surface area contributed by atoms with Gasteiger partial charge in [0, 0.05) is 24.5 Å². The van der Waals surface area contributed by atoms with Crippen molar-refractivity contribution in [2.45, 2.75) is 19.9 Å². The van der Waals surface area contributed by atoms with Crippen LogP contribution in [0.3, 0.4) is 0 Å². The van der Waals surface area contributed by atoms with Crippen LogP contribution in [0, 0.1) is 0 Å². The molecule has 0 atom stereocenters. The molecule has 1 aromatic heterocycles. The lowest BCUT2D eigenvalue weighted by molar-refractivity contribution is 0.0976. The molecule has 0 saturated heterocycles. The molecule has 0 spiro atoms. The predicted octanol–water partition coefficient (Wildman–Crippen LogP) is 2.67. The Labute approximate surface area is 141 Å². The summed E-state index contributed by atoms with van der Waals surface area (Å²) in [7, 11) is 0. The number of hydrogen-bond donors (Lipinski definition) is 2. The van der Waals surface area contributed by atoms with Crippen molar-refractivity contribution in [3.8, 4) is 5.75 Å². The van der Waals surface area contributed by atoms with Crippen molar-refractivity contribution in [2.24, 2.45) is 0 Å². The van der Waals surface area contributed by atoms with Crippen molar-refractivity contribution in [1.29, 1.82) is 0 Å². The summed E-state index contributed by atoms with van der Waals surface area (Å²) in [6.45, 7) is 3.16. The molecule has 0 aliphatic rings. The lowest BCUT2D eigenvalue weighted by Crippen LogP contribution is -2.38. The van der Waals surface area contributed by atoms with Crippen LogP contribution in [0.4, 0.5) is 0 Å². The van der Waals surface area contributed by atoms with Crippen LogP contribution >= 0.6 is 12.2 Å². The minimum absolute atomic E-state index is 0.268. The standard InChI is InChI=1S/C17H19N3O2S/c1-2-9-22-15-7-3-6-14(10-15)16(21)20-17(23)19-12-13-5-4-8-18-11-13/h3-8,10-11H,2,9,12H2,1H3,(H2,19,20,21,23). The first-order valence-corrected chi connectivity index (χ1v) is 7.81. The molecule has 1 heterocycles. The van der Waals surface area contributed by atoms with Gasteiger partial charge in [-0.25, -0.2) is 0 Å². The largest absolute Gasteiger partial charge is 0.494 e. The normalized spacial score (nSPS) is 9.96. The minimum atomic E-state index is -0.268. The number of carbonyl (C=O) groups is 1. The number of carbonyl (C=O) groups excluding carboxylic acids is 1. The number of ether oxygens (including phenoxy) is 1. The maximum Gasteiger partial charge on any atom is 0.257 e. The SMILES string of the molecule is CCCOc1cccc(C(=O)NC(=S)NCc2cccnc2)c1. The Bertz CT molecular complexity index is 662. The average Bonchev–Trinajstić information content (AvgIpc) is 2.59. The first-order valence-electron chi connectivity index (χ1n) is 7.40. The molecule has 1 amide bonds. The van der Waals surface area contributed by atoms with E-state index in [0.29, 0.717) is 24.5 Å². The number of hydrogen-bond acceptors (Lipinski definition) is 4. The Morgan fingerprint density at radius 2 is 2.17 bits per heavy atom. The van der Waals surface area contributed by atoms with E-state index in [1.165, 1.54) is 0 Å². The molecule has 2 N–H and O–H groups in total. The van der Waals surface area contributed by atoms with Gasteiger partial charge >= 0.3 is 0 Å². The molecule has 0 bridgehead atoms. The molecule has 1 aromatic carbocycles. The summed E-state index contributed by atoms with van der Waals surface area (Å²) in [5.74, 6) is 0.407. The summed E-state index contributed by atoms with van der Waals surface area (Å²) >= 11 is 5.14. The fourth-order valence-corrected chi connectivity index (χ4v) is 2.02. The molecule has 2 rings (SSSR count). The van der Waals surface area contributed by atoms with Crippen LogP contribution in [-0.2, 0) is 6.54 Å². The highest BCUT2D eigenvalue weighted by molar-refractivity contribution is 7.80. The molecule has 2 aromatic rings. The van der Waals surface area contributed by atoms with Crippen molar-refractivity contribution in [3.63, 3.8) is 0 Å². The van der Waals surface area contributed by atoms with Gasteiger partial charge in [-0.3, -0.25) is 15.1 Å². The maximum absolute atomic E-state index is 12.2. The van der Waals surface area contributed by atoms with Gasteiger partial charge in [-0.1, -0.05) is 19.1 Å². The molecule has 0 radical (unpaired) electrons. The lowest BCUT2D eigenvalue weighted by Gasteiger charge is -2.10. The van der Waals surface area contributed by atoms with Crippen LogP contribution in [0.15, 0.2) is 48.8 Å². The zero-order valence-electron chi connectivity index (χ0n) is 12.9. The molecular weight excluding hydrogens is 310 g/mol. The molecule has 23 heavy (non-hydrogen) atoms. The molecule has 0 saturated carbocycles. The topological polar surface area (TPSA) is 63.2 Å². The number of benzene rings is 1. The number of nitrogens with zero attached hydrogens (tertiary/aromatic N) is 1. The molecule has 120 valence electrons. The fourth-order valence-electron chi connectivity index (χ4n) is 1.85. The third kappa shape index (κ3) is 5.67. The van der Waals surface area contributed by atoms with E-state index in [9.17, 15) is 4.79 Å². The Balaban J connectivity index is 1.87. The Kier molecular flexibility index (Phi) is 6.50. The van der Waals surface area contributed by atoms with E-state index in [1.54, 1.807) is 30.6 Å². The van der Waals surface area contributed by atoms with Gasteiger partial charge in [-0.15, -0.1) is 0 Å². The third-order valence-corrected chi connectivity index (χ3v) is 3.22. The number of rotatable bonds is 6. The van der Waals surface area contributed by atoms with E-state index < -0.39 is 0 Å². The molecule has 0 unspecified atom stereocenters. The molecule has 0 aliphatic carbocycles. The van der Waals surface area contributed by atoms with Crippen molar-refractivity contribution in [1.82, 2.24) is 15.6 Å². The van der Waals surface area contributed by atoms with E-state index in [-0.39, 0.29) is 11.0 Å². The van der Waals surface area contributed by atoms with E-state index in [2.05, 4.69) is 15.6 Å².